The largest absolute Gasteiger partial charge is 0.371 e. The van der Waals surface area contributed by atoms with Gasteiger partial charge in [-0.1, -0.05) is 46.3 Å². The zero-order valence-corrected chi connectivity index (χ0v) is 13.0. The van der Waals surface area contributed by atoms with Gasteiger partial charge in [-0.25, -0.2) is 0 Å². The number of hydrogen-bond acceptors (Lipinski definition) is 2. The van der Waals surface area contributed by atoms with Crippen molar-refractivity contribution >= 4 is 21.6 Å². The molecular formula is C17H19BrN2. The van der Waals surface area contributed by atoms with Gasteiger partial charge in [-0.3, -0.25) is 0 Å². The van der Waals surface area contributed by atoms with Crippen molar-refractivity contribution < 1.29 is 0 Å². The lowest BCUT2D eigenvalue weighted by Crippen LogP contribution is -2.25. The fourth-order valence-electron chi connectivity index (χ4n) is 2.84. The van der Waals surface area contributed by atoms with Gasteiger partial charge in [-0.15, -0.1) is 0 Å². The predicted molar refractivity (Wildman–Crippen MR) is 88.0 cm³/mol. The van der Waals surface area contributed by atoms with Crippen molar-refractivity contribution in [2.45, 2.75) is 18.9 Å². The van der Waals surface area contributed by atoms with Crippen LogP contribution in [0.5, 0.6) is 0 Å². The molecule has 2 N–H and O–H groups in total. The Labute approximate surface area is 128 Å². The highest BCUT2D eigenvalue weighted by atomic mass is 79.9. The average Bonchev–Trinajstić information content (AvgIpc) is 2.88. The van der Waals surface area contributed by atoms with E-state index in [-0.39, 0.29) is 6.04 Å². The number of benzene rings is 2. The molecule has 0 spiro atoms. The van der Waals surface area contributed by atoms with Gasteiger partial charge in [0.15, 0.2) is 0 Å². The first kappa shape index (κ1) is 13.7. The zero-order chi connectivity index (χ0) is 13.9. The molecule has 1 atom stereocenters. The molecule has 0 amide bonds. The van der Waals surface area contributed by atoms with Gasteiger partial charge in [-0.2, -0.15) is 0 Å². The molecule has 0 fully saturated rings. The van der Waals surface area contributed by atoms with Crippen LogP contribution in [0.1, 0.15) is 23.6 Å². The minimum atomic E-state index is 0.0975. The second-order valence-electron chi connectivity index (χ2n) is 5.32. The number of rotatable bonds is 4. The highest BCUT2D eigenvalue weighted by Crippen LogP contribution is 2.28. The molecule has 1 unspecified atom stereocenters. The maximum absolute atomic E-state index is 6.31. The number of para-hydroxylation sites is 1. The Morgan fingerprint density at radius 3 is 2.85 bits per heavy atom. The van der Waals surface area contributed by atoms with E-state index in [1.807, 2.05) is 12.1 Å². The van der Waals surface area contributed by atoms with Gasteiger partial charge in [0.05, 0.1) is 0 Å². The first-order valence-electron chi connectivity index (χ1n) is 7.08. The van der Waals surface area contributed by atoms with E-state index in [1.165, 1.54) is 16.8 Å². The first-order chi connectivity index (χ1) is 9.74. The molecule has 3 rings (SSSR count). The van der Waals surface area contributed by atoms with Gasteiger partial charge in [0.1, 0.15) is 0 Å². The number of nitrogens with two attached hydrogens (primary N) is 1. The summed E-state index contributed by atoms with van der Waals surface area (Å²) in [5.41, 5.74) is 10.4. The van der Waals surface area contributed by atoms with E-state index < -0.39 is 0 Å². The van der Waals surface area contributed by atoms with E-state index in [0.29, 0.717) is 0 Å². The summed E-state index contributed by atoms with van der Waals surface area (Å²) in [5, 5.41) is 0. The molecule has 1 aliphatic rings. The molecule has 1 aliphatic heterocycles. The van der Waals surface area contributed by atoms with Gasteiger partial charge in [-0.05, 0) is 42.2 Å². The summed E-state index contributed by atoms with van der Waals surface area (Å²) >= 11 is 3.50. The van der Waals surface area contributed by atoms with Gasteiger partial charge in [0.2, 0.25) is 0 Å². The van der Waals surface area contributed by atoms with Crippen molar-refractivity contribution in [3.63, 3.8) is 0 Å². The van der Waals surface area contributed by atoms with Crippen LogP contribution in [0.3, 0.4) is 0 Å². The second-order valence-corrected chi connectivity index (χ2v) is 6.23. The third kappa shape index (κ3) is 2.89. The third-order valence-corrected chi connectivity index (χ3v) is 4.46. The Morgan fingerprint density at radius 2 is 2.00 bits per heavy atom. The monoisotopic (exact) mass is 330 g/mol. The maximum Gasteiger partial charge on any atom is 0.0399 e. The van der Waals surface area contributed by atoms with Crippen molar-refractivity contribution in [2.24, 2.45) is 5.73 Å². The van der Waals surface area contributed by atoms with Crippen LogP contribution < -0.4 is 10.6 Å². The number of anilines is 1. The summed E-state index contributed by atoms with van der Waals surface area (Å²) < 4.78 is 1.09. The second kappa shape index (κ2) is 5.98. The van der Waals surface area contributed by atoms with Crippen LogP contribution in [-0.2, 0) is 6.42 Å². The van der Waals surface area contributed by atoms with Crippen LogP contribution in [0.4, 0.5) is 5.69 Å². The molecule has 104 valence electrons. The van der Waals surface area contributed by atoms with Crippen molar-refractivity contribution in [2.75, 3.05) is 18.0 Å². The van der Waals surface area contributed by atoms with Crippen LogP contribution in [0.15, 0.2) is 53.0 Å². The molecule has 2 aromatic carbocycles. The molecule has 20 heavy (non-hydrogen) atoms. The summed E-state index contributed by atoms with van der Waals surface area (Å²) in [6.07, 6.45) is 2.13. The molecule has 0 radical (unpaired) electrons. The molecule has 2 nitrogen and oxygen atoms in total. The molecular weight excluding hydrogens is 312 g/mol. The highest BCUT2D eigenvalue weighted by Gasteiger charge is 2.18. The molecule has 3 heteroatoms. The minimum Gasteiger partial charge on any atom is -0.371 e. The van der Waals surface area contributed by atoms with Gasteiger partial charge in [0.25, 0.3) is 0 Å². The van der Waals surface area contributed by atoms with Gasteiger partial charge >= 0.3 is 0 Å². The Hall–Kier alpha value is -1.32. The number of nitrogens with zero attached hydrogens (tertiary/aromatic N) is 1. The van der Waals surface area contributed by atoms with Crippen molar-refractivity contribution in [1.82, 2.24) is 0 Å². The number of fused-ring (bicyclic) bond motifs is 1. The van der Waals surface area contributed by atoms with Crippen LogP contribution in [0, 0.1) is 0 Å². The van der Waals surface area contributed by atoms with E-state index in [0.717, 1.165) is 30.4 Å². The molecule has 0 aromatic heterocycles. The summed E-state index contributed by atoms with van der Waals surface area (Å²) in [6.45, 7) is 2.13. The van der Waals surface area contributed by atoms with E-state index >= 15 is 0 Å². The van der Waals surface area contributed by atoms with Crippen LogP contribution in [-0.4, -0.2) is 13.1 Å². The van der Waals surface area contributed by atoms with Gasteiger partial charge in [0, 0.05) is 29.3 Å². The molecule has 0 bridgehead atoms. The Kier molecular flexibility index (Phi) is 4.08. The molecule has 1 heterocycles. The van der Waals surface area contributed by atoms with Gasteiger partial charge < -0.3 is 10.6 Å². The van der Waals surface area contributed by atoms with Crippen molar-refractivity contribution in [3.05, 3.63) is 64.1 Å². The van der Waals surface area contributed by atoms with E-state index in [2.05, 4.69) is 57.2 Å². The Morgan fingerprint density at radius 1 is 1.15 bits per heavy atom. The fraction of sp³-hybridized carbons (Fsp3) is 0.294. The average molecular weight is 331 g/mol. The molecule has 2 aromatic rings. The molecule has 0 saturated carbocycles. The van der Waals surface area contributed by atoms with Crippen molar-refractivity contribution in [1.29, 1.82) is 0 Å². The molecule has 0 saturated heterocycles. The topological polar surface area (TPSA) is 29.3 Å². The third-order valence-electron chi connectivity index (χ3n) is 3.97. The summed E-state index contributed by atoms with van der Waals surface area (Å²) in [7, 11) is 0. The smallest absolute Gasteiger partial charge is 0.0399 e. The van der Waals surface area contributed by atoms with E-state index in [4.69, 9.17) is 5.73 Å². The predicted octanol–water partition coefficient (Wildman–Crippen LogP) is 3.90. The van der Waals surface area contributed by atoms with Crippen LogP contribution >= 0.6 is 15.9 Å². The SMILES string of the molecule is NC(CCN1CCc2ccccc21)c1cccc(Br)c1. The maximum atomic E-state index is 6.31. The van der Waals surface area contributed by atoms with Crippen molar-refractivity contribution in [3.8, 4) is 0 Å². The number of hydrogen-bond donors (Lipinski definition) is 1. The summed E-state index contributed by atoms with van der Waals surface area (Å²) in [6, 6.07) is 17.1. The lowest BCUT2D eigenvalue weighted by Gasteiger charge is -2.22. The van der Waals surface area contributed by atoms with E-state index in [1.54, 1.807) is 0 Å². The van der Waals surface area contributed by atoms with E-state index in [9.17, 15) is 0 Å². The Bertz CT molecular complexity index is 597. The highest BCUT2D eigenvalue weighted by molar-refractivity contribution is 9.10. The Balaban J connectivity index is 1.63. The number of halogens is 1. The van der Waals surface area contributed by atoms with Crippen LogP contribution in [0.2, 0.25) is 0 Å². The first-order valence-corrected chi connectivity index (χ1v) is 7.87. The zero-order valence-electron chi connectivity index (χ0n) is 11.4. The normalized spacial score (nSPS) is 15.2. The lowest BCUT2D eigenvalue weighted by atomic mass is 10.0. The molecule has 0 aliphatic carbocycles. The summed E-state index contributed by atoms with van der Waals surface area (Å²) in [4.78, 5) is 2.45. The van der Waals surface area contributed by atoms with Crippen LogP contribution in [0.25, 0.3) is 0 Å². The quantitative estimate of drug-likeness (QED) is 0.921. The fourth-order valence-corrected chi connectivity index (χ4v) is 3.25. The summed E-state index contributed by atoms with van der Waals surface area (Å²) in [5.74, 6) is 0. The lowest BCUT2D eigenvalue weighted by molar-refractivity contribution is 0.634. The minimum absolute atomic E-state index is 0.0975. The standard InChI is InChI=1S/C17H19BrN2/c18-15-6-3-5-14(12-15)16(19)9-11-20-10-8-13-4-1-2-7-17(13)20/h1-7,12,16H,8-11,19H2.